The minimum absolute atomic E-state index is 0.240. The predicted octanol–water partition coefficient (Wildman–Crippen LogP) is 13.4. The summed E-state index contributed by atoms with van der Waals surface area (Å²) in [5.41, 5.74) is 0. The maximum atomic E-state index is 11.9. The molecule has 0 unspecified atom stereocenters. The smallest absolute Gasteiger partial charge is 0.338 e. The van der Waals surface area contributed by atoms with E-state index in [0.29, 0.717) is 0 Å². The molecule has 0 radical (unpaired) electrons. The summed E-state index contributed by atoms with van der Waals surface area (Å²) in [4.78, 5) is 47.5. The third kappa shape index (κ3) is 38.8. The molecule has 0 spiro atoms. The van der Waals surface area contributed by atoms with Crippen LogP contribution in [0.2, 0.25) is 0 Å². The van der Waals surface area contributed by atoms with Crippen LogP contribution in [0.5, 0.6) is 0 Å². The maximum absolute atomic E-state index is 11.9. The molecule has 7 heteroatoms. The summed E-state index contributed by atoms with van der Waals surface area (Å²) in [6.45, 7) is 4.52. The van der Waals surface area contributed by atoms with Gasteiger partial charge in [-0.05, 0) is 23.7 Å². The van der Waals surface area contributed by atoms with Crippen molar-refractivity contribution in [1.82, 2.24) is 0 Å². The Morgan fingerprint density at radius 1 is 0.367 bits per heavy atom. The highest BCUT2D eigenvalue weighted by Gasteiger charge is 2.08. The first-order chi connectivity index (χ1) is 24.0. The highest BCUT2D eigenvalue weighted by atomic mass is 32.2. The standard InChI is InChI=1S/C42H74O6S/c1-3-5-7-9-11-13-15-17-19-21-23-25-27-29-31-33-39(43)47-41(45)35-37-49-38-36-42(46)48-40(44)34-32-30-28-26-24-22-20-18-16-14-12-10-8-6-4-2/h35-38H,3-34H2,1-2H3. The van der Waals surface area contributed by atoms with Crippen molar-refractivity contribution in [2.24, 2.45) is 0 Å². The van der Waals surface area contributed by atoms with E-state index < -0.39 is 23.9 Å². The number of unbranched alkanes of at least 4 members (excludes halogenated alkanes) is 28. The molecule has 0 rings (SSSR count). The van der Waals surface area contributed by atoms with Crippen LogP contribution >= 0.6 is 11.8 Å². The molecule has 6 nitrogen and oxygen atoms in total. The Hall–Kier alpha value is -1.89. The monoisotopic (exact) mass is 707 g/mol. The van der Waals surface area contributed by atoms with Gasteiger partial charge in [0.1, 0.15) is 0 Å². The summed E-state index contributed by atoms with van der Waals surface area (Å²) in [6.07, 6.45) is 40.5. The van der Waals surface area contributed by atoms with Gasteiger partial charge in [-0.25, -0.2) is 9.59 Å². The van der Waals surface area contributed by atoms with E-state index >= 15 is 0 Å². The highest BCUT2D eigenvalue weighted by molar-refractivity contribution is 8.04. The summed E-state index contributed by atoms with van der Waals surface area (Å²) in [7, 11) is 0. The van der Waals surface area contributed by atoms with E-state index in [4.69, 9.17) is 9.47 Å². The minimum atomic E-state index is -0.729. The van der Waals surface area contributed by atoms with Crippen LogP contribution in [0, 0.1) is 0 Å². The Morgan fingerprint density at radius 2 is 0.592 bits per heavy atom. The predicted molar refractivity (Wildman–Crippen MR) is 207 cm³/mol. The largest absolute Gasteiger partial charge is 0.390 e. The van der Waals surface area contributed by atoms with Crippen LogP contribution in [-0.4, -0.2) is 23.9 Å². The number of hydrogen-bond acceptors (Lipinski definition) is 7. The Labute approximate surface area is 305 Å². The van der Waals surface area contributed by atoms with Gasteiger partial charge in [-0.2, -0.15) is 0 Å². The lowest BCUT2D eigenvalue weighted by Gasteiger charge is -2.03. The molecular weight excluding hydrogens is 633 g/mol. The molecule has 0 aliphatic carbocycles. The summed E-state index contributed by atoms with van der Waals surface area (Å²) in [6, 6.07) is 0. The zero-order valence-electron chi connectivity index (χ0n) is 31.8. The van der Waals surface area contributed by atoms with Crippen LogP contribution in [-0.2, 0) is 28.7 Å². The van der Waals surface area contributed by atoms with E-state index in [-0.39, 0.29) is 12.8 Å². The van der Waals surface area contributed by atoms with Crippen molar-refractivity contribution in [1.29, 1.82) is 0 Å². The fourth-order valence-corrected chi connectivity index (χ4v) is 6.38. The van der Waals surface area contributed by atoms with Crippen LogP contribution in [0.4, 0.5) is 0 Å². The summed E-state index contributed by atoms with van der Waals surface area (Å²) in [5, 5.41) is 2.84. The van der Waals surface area contributed by atoms with Crippen molar-refractivity contribution < 1.29 is 28.7 Å². The lowest BCUT2D eigenvalue weighted by atomic mass is 10.0. The van der Waals surface area contributed by atoms with Gasteiger partial charge < -0.3 is 9.47 Å². The molecular formula is C42H74O6S. The van der Waals surface area contributed by atoms with Crippen molar-refractivity contribution in [2.75, 3.05) is 0 Å². The second-order valence-corrected chi connectivity index (χ2v) is 14.5. The zero-order chi connectivity index (χ0) is 35.9. The lowest BCUT2D eigenvalue weighted by molar-refractivity contribution is -0.158. The number of thioether (sulfide) groups is 1. The number of carbonyl (C=O) groups is 4. The van der Waals surface area contributed by atoms with Gasteiger partial charge in [-0.15, -0.1) is 11.8 Å². The van der Waals surface area contributed by atoms with Crippen molar-refractivity contribution in [3.05, 3.63) is 23.0 Å². The fraction of sp³-hybridized carbons (Fsp3) is 0.810. The first kappa shape index (κ1) is 47.1. The second-order valence-electron chi connectivity index (χ2n) is 13.7. The molecule has 0 aromatic carbocycles. The van der Waals surface area contributed by atoms with E-state index in [1.54, 1.807) is 0 Å². The van der Waals surface area contributed by atoms with Crippen molar-refractivity contribution in [2.45, 2.75) is 219 Å². The van der Waals surface area contributed by atoms with E-state index in [1.165, 1.54) is 165 Å². The molecule has 0 aromatic rings. The topological polar surface area (TPSA) is 86.7 Å². The summed E-state index contributed by atoms with van der Waals surface area (Å²) < 4.78 is 9.63. The average Bonchev–Trinajstić information content (AvgIpc) is 3.08. The fourth-order valence-electron chi connectivity index (χ4n) is 5.91. The highest BCUT2D eigenvalue weighted by Crippen LogP contribution is 2.16. The molecule has 0 saturated heterocycles. The number of hydrogen-bond donors (Lipinski definition) is 0. The molecule has 49 heavy (non-hydrogen) atoms. The molecule has 284 valence electrons. The van der Waals surface area contributed by atoms with Gasteiger partial charge in [0.25, 0.3) is 0 Å². The van der Waals surface area contributed by atoms with Gasteiger partial charge >= 0.3 is 23.9 Å². The third-order valence-electron chi connectivity index (χ3n) is 8.96. The van der Waals surface area contributed by atoms with Crippen LogP contribution in [0.15, 0.2) is 23.0 Å². The van der Waals surface area contributed by atoms with Gasteiger partial charge in [-0.1, -0.05) is 194 Å². The van der Waals surface area contributed by atoms with Crippen LogP contribution in [0.1, 0.15) is 219 Å². The van der Waals surface area contributed by atoms with E-state index in [1.807, 2.05) is 0 Å². The van der Waals surface area contributed by atoms with Gasteiger partial charge in [0, 0.05) is 25.0 Å². The normalized spacial score (nSPS) is 11.5. The van der Waals surface area contributed by atoms with Gasteiger partial charge in [0.2, 0.25) is 0 Å². The first-order valence-corrected chi connectivity index (χ1v) is 21.4. The van der Waals surface area contributed by atoms with Gasteiger partial charge in [-0.3, -0.25) is 9.59 Å². The van der Waals surface area contributed by atoms with E-state index in [0.717, 1.165) is 62.4 Å². The van der Waals surface area contributed by atoms with E-state index in [9.17, 15) is 19.2 Å². The SMILES string of the molecule is CCCCCCCCCCCCCCCCCC(=O)OC(=O)C=CSC=CC(=O)OC(=O)CCCCCCCCCCCCCCCCC. The maximum Gasteiger partial charge on any atom is 0.338 e. The van der Waals surface area contributed by atoms with Crippen LogP contribution in [0.3, 0.4) is 0 Å². The van der Waals surface area contributed by atoms with E-state index in [2.05, 4.69) is 13.8 Å². The van der Waals surface area contributed by atoms with Gasteiger partial charge in [0.15, 0.2) is 0 Å². The molecule has 0 saturated carbocycles. The Morgan fingerprint density at radius 3 is 0.837 bits per heavy atom. The molecule has 0 aliphatic rings. The lowest BCUT2D eigenvalue weighted by Crippen LogP contribution is -2.09. The third-order valence-corrected chi connectivity index (χ3v) is 9.55. The summed E-state index contributed by atoms with van der Waals surface area (Å²) in [5.74, 6) is -2.48. The second kappa shape index (κ2) is 38.9. The average molecular weight is 707 g/mol. The van der Waals surface area contributed by atoms with Crippen molar-refractivity contribution >= 4 is 35.6 Å². The molecule has 0 aromatic heterocycles. The van der Waals surface area contributed by atoms with Crippen LogP contribution in [0.25, 0.3) is 0 Å². The number of esters is 4. The molecule has 0 bridgehead atoms. The van der Waals surface area contributed by atoms with Crippen molar-refractivity contribution in [3.63, 3.8) is 0 Å². The number of rotatable bonds is 36. The number of ether oxygens (including phenoxy) is 2. The van der Waals surface area contributed by atoms with Gasteiger partial charge in [0.05, 0.1) is 0 Å². The molecule has 0 N–H and O–H groups in total. The first-order valence-electron chi connectivity index (χ1n) is 20.5. The molecule has 0 fully saturated rings. The Bertz CT molecular complexity index is 784. The Kier molecular flexibility index (Phi) is 37.4. The molecule has 0 amide bonds. The quantitative estimate of drug-likeness (QED) is 0.0277. The molecule has 0 aliphatic heterocycles. The van der Waals surface area contributed by atoms with Crippen molar-refractivity contribution in [3.8, 4) is 0 Å². The zero-order valence-corrected chi connectivity index (χ0v) is 32.6. The molecule has 0 atom stereocenters. The Balaban J connectivity index is 3.59. The van der Waals surface area contributed by atoms with Crippen LogP contribution < -0.4 is 0 Å². The minimum Gasteiger partial charge on any atom is -0.390 e. The summed E-state index contributed by atoms with van der Waals surface area (Å²) >= 11 is 1.06. The number of carbonyl (C=O) groups excluding carboxylic acids is 4. The molecule has 0 heterocycles.